The zero-order valence-corrected chi connectivity index (χ0v) is 19.6. The van der Waals surface area contributed by atoms with Crippen molar-refractivity contribution < 1.29 is 9.53 Å². The number of hydrogen-bond acceptors (Lipinski definition) is 6. The average Bonchev–Trinajstić information content (AvgIpc) is 3.46. The van der Waals surface area contributed by atoms with Crippen LogP contribution in [0.4, 0.5) is 5.82 Å². The van der Waals surface area contributed by atoms with Crippen LogP contribution in [-0.4, -0.2) is 35.7 Å². The quantitative estimate of drug-likeness (QED) is 0.307. The lowest BCUT2D eigenvalue weighted by atomic mass is 10.2. The predicted octanol–water partition coefficient (Wildman–Crippen LogP) is 4.17. The molecule has 6 rings (SSSR count). The molecular formula is C25H20ClN7O3. The zero-order chi connectivity index (χ0) is 24.6. The Kier molecular flexibility index (Phi) is 5.49. The van der Waals surface area contributed by atoms with Crippen molar-refractivity contribution in [2.45, 2.75) is 25.4 Å². The third-order valence-corrected chi connectivity index (χ3v) is 6.16. The first-order chi connectivity index (χ1) is 17.5. The molecule has 0 atom stereocenters. The van der Waals surface area contributed by atoms with Crippen molar-refractivity contribution in [1.82, 2.24) is 29.8 Å². The van der Waals surface area contributed by atoms with E-state index in [9.17, 15) is 9.59 Å². The summed E-state index contributed by atoms with van der Waals surface area (Å²) in [6, 6.07) is 17.5. The average molecular weight is 502 g/mol. The Morgan fingerprint density at radius 2 is 1.97 bits per heavy atom. The van der Waals surface area contributed by atoms with Crippen molar-refractivity contribution in [3.63, 3.8) is 0 Å². The second-order valence-corrected chi connectivity index (χ2v) is 8.91. The molecule has 0 unspecified atom stereocenters. The molecular weight excluding hydrogens is 482 g/mol. The predicted molar refractivity (Wildman–Crippen MR) is 133 cm³/mol. The van der Waals surface area contributed by atoms with Crippen LogP contribution in [-0.2, 0) is 6.61 Å². The second-order valence-electron chi connectivity index (χ2n) is 8.51. The number of amides is 1. The highest BCUT2D eigenvalue weighted by atomic mass is 35.5. The van der Waals surface area contributed by atoms with Gasteiger partial charge in [-0.2, -0.15) is 14.6 Å². The highest BCUT2D eigenvalue weighted by molar-refractivity contribution is 6.34. The molecule has 5 aromatic rings. The van der Waals surface area contributed by atoms with Gasteiger partial charge in [0.15, 0.2) is 5.82 Å². The monoisotopic (exact) mass is 501 g/mol. The minimum absolute atomic E-state index is 0.0181. The van der Waals surface area contributed by atoms with Gasteiger partial charge in [0.2, 0.25) is 5.78 Å². The van der Waals surface area contributed by atoms with Crippen LogP contribution in [0.3, 0.4) is 0 Å². The first-order valence-corrected chi connectivity index (χ1v) is 11.8. The lowest BCUT2D eigenvalue weighted by Crippen LogP contribution is -2.17. The van der Waals surface area contributed by atoms with Crippen molar-refractivity contribution in [2.24, 2.45) is 0 Å². The van der Waals surface area contributed by atoms with Gasteiger partial charge in [-0.05, 0) is 25.0 Å². The Morgan fingerprint density at radius 3 is 2.78 bits per heavy atom. The summed E-state index contributed by atoms with van der Waals surface area (Å²) >= 11 is 6.36. The van der Waals surface area contributed by atoms with Crippen LogP contribution in [0.2, 0.25) is 5.02 Å². The molecule has 0 saturated heterocycles. The number of rotatable bonds is 7. The fourth-order valence-electron chi connectivity index (χ4n) is 3.90. The number of hydrogen-bond donors (Lipinski definition) is 3. The number of H-pyrrole nitrogens is 2. The molecule has 1 saturated carbocycles. The smallest absolute Gasteiger partial charge is 0.276 e. The molecule has 3 aromatic heterocycles. The van der Waals surface area contributed by atoms with Crippen LogP contribution in [0, 0.1) is 0 Å². The summed E-state index contributed by atoms with van der Waals surface area (Å²) in [7, 11) is 0. The van der Waals surface area contributed by atoms with Gasteiger partial charge in [0.25, 0.3) is 11.5 Å². The Labute approximate surface area is 209 Å². The Morgan fingerprint density at radius 1 is 1.14 bits per heavy atom. The first kappa shape index (κ1) is 22.1. The van der Waals surface area contributed by atoms with Gasteiger partial charge >= 0.3 is 0 Å². The first-order valence-electron chi connectivity index (χ1n) is 11.4. The SMILES string of the molecule is O=C(Nc1cc(C2CC2)n[nH]1)c1c(Cl)cccc1OCc1cc(=O)n2nc(-c3ccccc3)nc2[nH]1. The summed E-state index contributed by atoms with van der Waals surface area (Å²) in [5.74, 6) is 1.50. The molecule has 3 heterocycles. The molecule has 1 amide bonds. The molecule has 2 aromatic carbocycles. The number of carbonyl (C=O) groups excluding carboxylic acids is 1. The van der Waals surface area contributed by atoms with Crippen LogP contribution in [0.1, 0.15) is 40.5 Å². The van der Waals surface area contributed by atoms with Gasteiger partial charge in [0.05, 0.1) is 16.4 Å². The molecule has 1 fully saturated rings. The number of aromatic nitrogens is 6. The molecule has 0 spiro atoms. The van der Waals surface area contributed by atoms with Gasteiger partial charge in [0.1, 0.15) is 23.7 Å². The van der Waals surface area contributed by atoms with Crippen LogP contribution in [0.15, 0.2) is 65.5 Å². The standard InChI is InChI=1S/C25H20ClN7O3/c26-17-7-4-8-19(22(17)24(35)28-20-12-18(30-31-20)14-9-10-14)36-13-16-11-21(34)33-25(27-16)29-23(32-33)15-5-2-1-3-6-15/h1-8,11-12,14H,9-10,13H2,(H,27,29,32)(H2,28,30,31,35). The molecule has 1 aliphatic carbocycles. The van der Waals surface area contributed by atoms with Crippen molar-refractivity contribution >= 4 is 29.1 Å². The van der Waals surface area contributed by atoms with Gasteiger partial charge in [0, 0.05) is 23.6 Å². The van der Waals surface area contributed by atoms with E-state index < -0.39 is 5.91 Å². The summed E-state index contributed by atoms with van der Waals surface area (Å²) in [5.41, 5.74) is 2.02. The number of fused-ring (bicyclic) bond motifs is 1. The molecule has 0 bridgehead atoms. The summed E-state index contributed by atoms with van der Waals surface area (Å²) < 4.78 is 7.11. The lowest BCUT2D eigenvalue weighted by Gasteiger charge is -2.12. The van der Waals surface area contributed by atoms with E-state index >= 15 is 0 Å². The highest BCUT2D eigenvalue weighted by Crippen LogP contribution is 2.39. The molecule has 180 valence electrons. The van der Waals surface area contributed by atoms with E-state index in [1.54, 1.807) is 18.2 Å². The second kappa shape index (κ2) is 8.97. The number of anilines is 1. The fraction of sp³-hybridized carbons (Fsp3) is 0.160. The number of carbonyl (C=O) groups is 1. The minimum Gasteiger partial charge on any atom is -0.486 e. The van der Waals surface area contributed by atoms with Gasteiger partial charge < -0.3 is 15.0 Å². The van der Waals surface area contributed by atoms with Gasteiger partial charge in [-0.15, -0.1) is 5.10 Å². The topological polar surface area (TPSA) is 130 Å². The van der Waals surface area contributed by atoms with Gasteiger partial charge in [-0.1, -0.05) is 48.0 Å². The van der Waals surface area contributed by atoms with Crippen LogP contribution >= 0.6 is 11.6 Å². The van der Waals surface area contributed by atoms with E-state index in [0.717, 1.165) is 24.1 Å². The van der Waals surface area contributed by atoms with E-state index in [-0.39, 0.29) is 34.3 Å². The van der Waals surface area contributed by atoms with E-state index in [4.69, 9.17) is 16.3 Å². The Bertz CT molecular complexity index is 1640. The van der Waals surface area contributed by atoms with E-state index in [0.29, 0.717) is 23.3 Å². The zero-order valence-electron chi connectivity index (χ0n) is 18.9. The van der Waals surface area contributed by atoms with Crippen molar-refractivity contribution in [2.75, 3.05) is 5.32 Å². The summed E-state index contributed by atoms with van der Waals surface area (Å²) in [6.45, 7) is -0.0181. The minimum atomic E-state index is -0.435. The lowest BCUT2D eigenvalue weighted by molar-refractivity contribution is 0.102. The summed E-state index contributed by atoms with van der Waals surface area (Å²) in [6.07, 6.45) is 2.22. The molecule has 11 heteroatoms. The third-order valence-electron chi connectivity index (χ3n) is 5.85. The highest BCUT2D eigenvalue weighted by Gasteiger charge is 2.26. The fourth-order valence-corrected chi connectivity index (χ4v) is 4.15. The number of aromatic amines is 2. The molecule has 0 aliphatic heterocycles. The van der Waals surface area contributed by atoms with Crippen LogP contribution in [0.25, 0.3) is 17.2 Å². The normalized spacial score (nSPS) is 13.1. The maximum Gasteiger partial charge on any atom is 0.276 e. The number of benzene rings is 2. The number of ether oxygens (including phenoxy) is 1. The molecule has 10 nitrogen and oxygen atoms in total. The molecule has 3 N–H and O–H groups in total. The molecule has 0 radical (unpaired) electrons. The number of nitrogens with zero attached hydrogens (tertiary/aromatic N) is 4. The maximum atomic E-state index is 13.0. The van der Waals surface area contributed by atoms with Gasteiger partial charge in [-0.3, -0.25) is 14.7 Å². The Hall–Kier alpha value is -4.44. The summed E-state index contributed by atoms with van der Waals surface area (Å²) in [5, 5.41) is 14.4. The number of halogens is 1. The van der Waals surface area contributed by atoms with Crippen LogP contribution in [0.5, 0.6) is 5.75 Å². The molecule has 1 aliphatic rings. The van der Waals surface area contributed by atoms with Gasteiger partial charge in [-0.25, -0.2) is 0 Å². The van der Waals surface area contributed by atoms with Crippen molar-refractivity contribution in [3.05, 3.63) is 93.0 Å². The van der Waals surface area contributed by atoms with Crippen LogP contribution < -0.4 is 15.6 Å². The number of nitrogens with one attached hydrogen (secondary N) is 3. The summed E-state index contributed by atoms with van der Waals surface area (Å²) in [4.78, 5) is 33.2. The van der Waals surface area contributed by atoms with E-state index in [2.05, 4.69) is 30.6 Å². The van der Waals surface area contributed by atoms with Crippen molar-refractivity contribution in [1.29, 1.82) is 0 Å². The van der Waals surface area contributed by atoms with Crippen molar-refractivity contribution in [3.8, 4) is 17.1 Å². The molecule has 36 heavy (non-hydrogen) atoms. The van der Waals surface area contributed by atoms with E-state index in [1.807, 2.05) is 36.4 Å². The third kappa shape index (κ3) is 4.34. The Balaban J connectivity index is 1.23. The maximum absolute atomic E-state index is 13.0. The largest absolute Gasteiger partial charge is 0.486 e. The van der Waals surface area contributed by atoms with E-state index in [1.165, 1.54) is 10.6 Å².